The molecule has 1 aliphatic rings. The molecule has 0 saturated heterocycles. The molecular weight excluding hydrogens is 599 g/mol. The van der Waals surface area contributed by atoms with E-state index in [0.29, 0.717) is 0 Å². The van der Waals surface area contributed by atoms with Crippen molar-refractivity contribution in [2.24, 2.45) is 0 Å². The van der Waals surface area contributed by atoms with Gasteiger partial charge in [0.05, 0.1) is 45.5 Å². The molecule has 0 aliphatic carbocycles. The third-order valence-corrected chi connectivity index (χ3v) is 8.16. The van der Waals surface area contributed by atoms with Gasteiger partial charge in [-0.2, -0.15) is 23.7 Å². The van der Waals surface area contributed by atoms with Crippen LogP contribution in [-0.4, -0.2) is 37.6 Å². The molecular formula is C30H22F3N5O5S. The van der Waals surface area contributed by atoms with Gasteiger partial charge >= 0.3 is 12.2 Å². The quantitative estimate of drug-likeness (QED) is 0.398. The summed E-state index contributed by atoms with van der Waals surface area (Å²) in [7, 11) is -4.47. The topological polar surface area (TPSA) is 151 Å². The van der Waals surface area contributed by atoms with E-state index in [2.05, 4.69) is 0 Å². The molecule has 0 bridgehead atoms. The number of Topliss-reactive ketones (excluding diaryl/α,β-unsaturated/α-hetero) is 1. The summed E-state index contributed by atoms with van der Waals surface area (Å²) < 4.78 is 68.3. The second-order valence-corrected chi connectivity index (χ2v) is 11.3. The Morgan fingerprint density at radius 1 is 0.955 bits per heavy atom. The maximum absolute atomic E-state index is 14.0. The van der Waals surface area contributed by atoms with E-state index in [1.807, 2.05) is 16.9 Å². The molecule has 0 spiro atoms. The molecule has 1 atom stereocenters. The number of hydrogen-bond donors (Lipinski definition) is 1. The van der Waals surface area contributed by atoms with Crippen LogP contribution in [0.2, 0.25) is 0 Å². The largest absolute Gasteiger partial charge is 0.416 e. The summed E-state index contributed by atoms with van der Waals surface area (Å²) >= 11 is 0. The molecule has 0 fully saturated rings. The zero-order valence-corrected chi connectivity index (χ0v) is 23.9. The number of benzene rings is 3. The first kappa shape index (κ1) is 31.5. The molecule has 10 nitrogen and oxygen atoms in total. The highest BCUT2D eigenvalue weighted by molar-refractivity contribution is 7.90. The number of urea groups is 1. The number of anilines is 1. The van der Waals surface area contributed by atoms with Gasteiger partial charge in [0.15, 0.2) is 5.78 Å². The Hall–Kier alpha value is -5.47. The number of ketones is 1. The van der Waals surface area contributed by atoms with Gasteiger partial charge in [0.25, 0.3) is 15.9 Å². The molecule has 1 N–H and O–H groups in total. The molecule has 0 radical (unpaired) electrons. The first-order chi connectivity index (χ1) is 20.7. The van der Waals surface area contributed by atoms with Crippen LogP contribution in [0.3, 0.4) is 0 Å². The standard InChI is InChI=1S/C30H22F3N5O5S/c1-18-27(19(2)39)28(22-10-6-20(15-34)7-11-22)37(29(41)38(18)24-5-3-4-23(14-24)30(31,32)33)17-26(40)36-44(42,43)25-12-8-21(16-35)9-13-25/h3-14,28H,17H2,1-2H3,(H,36,40). The lowest BCUT2D eigenvalue weighted by atomic mass is 9.90. The first-order valence-electron chi connectivity index (χ1n) is 12.7. The van der Waals surface area contributed by atoms with Crippen LogP contribution in [0.1, 0.15) is 42.1 Å². The van der Waals surface area contributed by atoms with E-state index < -0.39 is 52.1 Å². The molecule has 44 heavy (non-hydrogen) atoms. The van der Waals surface area contributed by atoms with Crippen LogP contribution in [0.5, 0.6) is 0 Å². The lowest BCUT2D eigenvalue weighted by molar-refractivity contribution is -0.137. The predicted molar refractivity (Wildman–Crippen MR) is 150 cm³/mol. The van der Waals surface area contributed by atoms with Gasteiger partial charge in [0.2, 0.25) is 0 Å². The Labute approximate surface area is 250 Å². The first-order valence-corrected chi connectivity index (χ1v) is 14.2. The van der Waals surface area contributed by atoms with Crippen LogP contribution in [0.25, 0.3) is 0 Å². The van der Waals surface area contributed by atoms with E-state index in [1.54, 1.807) is 0 Å². The van der Waals surface area contributed by atoms with Crippen LogP contribution in [0.4, 0.5) is 23.7 Å². The summed E-state index contributed by atoms with van der Waals surface area (Å²) in [6.45, 7) is 1.63. The number of nitrogens with one attached hydrogen (secondary N) is 1. The molecule has 3 aromatic carbocycles. The molecule has 4 rings (SSSR count). The highest BCUT2D eigenvalue weighted by atomic mass is 32.2. The fourth-order valence-corrected chi connectivity index (χ4v) is 5.76. The number of amides is 3. The van der Waals surface area contributed by atoms with E-state index >= 15 is 0 Å². The number of nitriles is 2. The summed E-state index contributed by atoms with van der Waals surface area (Å²) in [4.78, 5) is 41.6. The lowest BCUT2D eigenvalue weighted by Gasteiger charge is -2.42. The molecule has 3 aromatic rings. The third kappa shape index (κ3) is 6.30. The van der Waals surface area contributed by atoms with Crippen molar-refractivity contribution in [3.8, 4) is 12.1 Å². The Bertz CT molecular complexity index is 1870. The Kier molecular flexibility index (Phi) is 8.60. The smallest absolute Gasteiger partial charge is 0.303 e. The Morgan fingerprint density at radius 2 is 1.52 bits per heavy atom. The number of allylic oxidation sites excluding steroid dienone is 1. The van der Waals surface area contributed by atoms with Gasteiger partial charge in [-0.05, 0) is 74.0 Å². The summed E-state index contributed by atoms with van der Waals surface area (Å²) in [5.41, 5.74) is -0.639. The molecule has 14 heteroatoms. The zero-order valence-electron chi connectivity index (χ0n) is 23.1. The minimum absolute atomic E-state index is 0.00181. The van der Waals surface area contributed by atoms with Gasteiger partial charge in [-0.15, -0.1) is 0 Å². The van der Waals surface area contributed by atoms with Gasteiger partial charge in [-0.3, -0.25) is 14.5 Å². The van der Waals surface area contributed by atoms with Crippen LogP contribution in [0, 0.1) is 22.7 Å². The number of alkyl halides is 3. The van der Waals surface area contributed by atoms with Gasteiger partial charge in [0.1, 0.15) is 6.54 Å². The average molecular weight is 622 g/mol. The summed E-state index contributed by atoms with van der Waals surface area (Å²) in [6, 6.07) is 15.7. The van der Waals surface area contributed by atoms with E-state index in [9.17, 15) is 41.2 Å². The third-order valence-electron chi connectivity index (χ3n) is 6.77. The van der Waals surface area contributed by atoms with Crippen molar-refractivity contribution in [1.29, 1.82) is 10.5 Å². The number of hydrogen-bond acceptors (Lipinski definition) is 7. The molecule has 1 unspecified atom stereocenters. The van der Waals surface area contributed by atoms with Crippen molar-refractivity contribution >= 4 is 33.4 Å². The monoisotopic (exact) mass is 621 g/mol. The van der Waals surface area contributed by atoms with Crippen molar-refractivity contribution in [2.45, 2.75) is 31.0 Å². The van der Waals surface area contributed by atoms with E-state index in [0.717, 1.165) is 40.1 Å². The molecule has 1 heterocycles. The molecule has 3 amide bonds. The normalized spacial score (nSPS) is 15.4. The number of carbonyl (C=O) groups excluding carboxylic acids is 3. The Morgan fingerprint density at radius 3 is 2.05 bits per heavy atom. The van der Waals surface area contributed by atoms with Crippen molar-refractivity contribution in [2.75, 3.05) is 11.4 Å². The summed E-state index contributed by atoms with van der Waals surface area (Å²) in [6.07, 6.45) is -4.75. The van der Waals surface area contributed by atoms with Crippen LogP contribution >= 0.6 is 0 Å². The van der Waals surface area contributed by atoms with Crippen LogP contribution < -0.4 is 9.62 Å². The van der Waals surface area contributed by atoms with Gasteiger partial charge < -0.3 is 4.90 Å². The maximum Gasteiger partial charge on any atom is 0.416 e. The maximum atomic E-state index is 14.0. The molecule has 0 saturated carbocycles. The second kappa shape index (κ2) is 12.0. The number of halogens is 3. The second-order valence-electron chi connectivity index (χ2n) is 9.65. The highest BCUT2D eigenvalue weighted by Gasteiger charge is 2.43. The van der Waals surface area contributed by atoms with Crippen molar-refractivity contribution in [1.82, 2.24) is 9.62 Å². The van der Waals surface area contributed by atoms with Crippen molar-refractivity contribution < 1.29 is 36.0 Å². The number of rotatable bonds is 7. The van der Waals surface area contributed by atoms with Gasteiger partial charge in [-0.25, -0.2) is 17.9 Å². The minimum atomic E-state index is -4.75. The fraction of sp³-hybridized carbons (Fsp3) is 0.167. The molecule has 224 valence electrons. The summed E-state index contributed by atoms with van der Waals surface area (Å²) in [5, 5.41) is 18.2. The lowest BCUT2D eigenvalue weighted by Crippen LogP contribution is -2.53. The average Bonchev–Trinajstić information content (AvgIpc) is 2.97. The molecule has 0 aromatic heterocycles. The van der Waals surface area contributed by atoms with Gasteiger partial charge in [-0.1, -0.05) is 18.2 Å². The van der Waals surface area contributed by atoms with Crippen molar-refractivity contribution in [3.05, 3.63) is 106 Å². The Balaban J connectivity index is 1.82. The number of sulfonamides is 1. The highest BCUT2D eigenvalue weighted by Crippen LogP contribution is 2.41. The fourth-order valence-electron chi connectivity index (χ4n) is 4.78. The van der Waals surface area contributed by atoms with Crippen LogP contribution in [0.15, 0.2) is 89.0 Å². The zero-order chi connectivity index (χ0) is 32.4. The number of nitrogens with zero attached hydrogens (tertiary/aromatic N) is 4. The summed E-state index contributed by atoms with van der Waals surface area (Å²) in [5.74, 6) is -1.76. The SMILES string of the molecule is CC(=O)C1=C(C)N(c2cccc(C(F)(F)F)c2)C(=O)N(CC(=O)NS(=O)(=O)c2ccc(C#N)cc2)C1c1ccc(C#N)cc1. The van der Waals surface area contributed by atoms with E-state index in [-0.39, 0.29) is 38.5 Å². The van der Waals surface area contributed by atoms with Crippen molar-refractivity contribution in [3.63, 3.8) is 0 Å². The number of carbonyl (C=O) groups is 3. The minimum Gasteiger partial charge on any atom is -0.303 e. The predicted octanol–water partition coefficient (Wildman–Crippen LogP) is 4.80. The van der Waals surface area contributed by atoms with Crippen LogP contribution in [-0.2, 0) is 25.8 Å². The van der Waals surface area contributed by atoms with Gasteiger partial charge in [0, 0.05) is 11.3 Å². The van der Waals surface area contributed by atoms with E-state index in [1.165, 1.54) is 56.3 Å². The van der Waals surface area contributed by atoms with E-state index in [4.69, 9.17) is 5.26 Å². The molecule has 1 aliphatic heterocycles.